The Bertz CT molecular complexity index is 672. The zero-order chi connectivity index (χ0) is 13.2. The number of hydrogen-bond acceptors (Lipinski definition) is 2. The van der Waals surface area contributed by atoms with Gasteiger partial charge in [0.2, 0.25) is 0 Å². The highest BCUT2D eigenvalue weighted by atomic mass is 32.1. The minimum Gasteiger partial charge on any atom is -0.388 e. The normalized spacial score (nSPS) is 14.4. The lowest BCUT2D eigenvalue weighted by Crippen LogP contribution is -2.07. The minimum absolute atomic E-state index is 0.0916. The van der Waals surface area contributed by atoms with Gasteiger partial charge in [-0.05, 0) is 28.0 Å². The average Bonchev–Trinajstić information content (AvgIpc) is 2.95. The molecule has 96 valence electrons. The topological polar surface area (TPSA) is 20.2 Å². The molecular formula is C17H16OS. The second kappa shape index (κ2) is 5.16. The fourth-order valence-corrected chi connectivity index (χ4v) is 3.41. The number of benzene rings is 2. The Morgan fingerprint density at radius 2 is 1.74 bits per heavy atom. The number of aliphatic hydroxyl groups is 1. The van der Waals surface area contributed by atoms with E-state index < -0.39 is 6.10 Å². The van der Waals surface area contributed by atoms with E-state index in [1.165, 1.54) is 15.6 Å². The molecule has 0 radical (unpaired) electrons. The predicted molar refractivity (Wildman–Crippen MR) is 81.6 cm³/mol. The highest BCUT2D eigenvalue weighted by Gasteiger charge is 2.20. The second-order valence-electron chi connectivity index (χ2n) is 4.83. The standard InChI is InChI=1S/C17H16OS/c1-12(13-6-3-2-4-7-13)16(18)15-9-5-8-14-10-11-19-17(14)15/h2-12,16,18H,1H3. The molecule has 0 bridgehead atoms. The highest BCUT2D eigenvalue weighted by molar-refractivity contribution is 7.17. The summed E-state index contributed by atoms with van der Waals surface area (Å²) in [5.41, 5.74) is 2.20. The number of hydrogen-bond donors (Lipinski definition) is 1. The Hall–Kier alpha value is -1.64. The SMILES string of the molecule is CC(c1ccccc1)C(O)c1cccc2ccsc12. The van der Waals surface area contributed by atoms with Crippen molar-refractivity contribution in [2.24, 2.45) is 0 Å². The van der Waals surface area contributed by atoms with Gasteiger partial charge in [0.25, 0.3) is 0 Å². The molecule has 3 aromatic rings. The Labute approximate surface area is 117 Å². The Morgan fingerprint density at radius 3 is 2.53 bits per heavy atom. The molecule has 2 unspecified atom stereocenters. The van der Waals surface area contributed by atoms with E-state index in [9.17, 15) is 5.11 Å². The third kappa shape index (κ3) is 2.29. The number of rotatable bonds is 3. The van der Waals surface area contributed by atoms with Crippen molar-refractivity contribution in [2.45, 2.75) is 18.9 Å². The zero-order valence-corrected chi connectivity index (χ0v) is 11.6. The van der Waals surface area contributed by atoms with E-state index in [-0.39, 0.29) is 5.92 Å². The van der Waals surface area contributed by atoms with Gasteiger partial charge in [-0.1, -0.05) is 55.5 Å². The summed E-state index contributed by atoms with van der Waals surface area (Å²) in [4.78, 5) is 0. The lowest BCUT2D eigenvalue weighted by molar-refractivity contribution is 0.153. The summed E-state index contributed by atoms with van der Waals surface area (Å²) in [5, 5.41) is 14.0. The molecule has 0 fully saturated rings. The van der Waals surface area contributed by atoms with E-state index in [4.69, 9.17) is 0 Å². The summed E-state index contributed by atoms with van der Waals surface area (Å²) in [7, 11) is 0. The lowest BCUT2D eigenvalue weighted by atomic mass is 9.90. The first-order chi connectivity index (χ1) is 9.27. The minimum atomic E-state index is -0.468. The van der Waals surface area contributed by atoms with E-state index >= 15 is 0 Å². The van der Waals surface area contributed by atoms with Gasteiger partial charge in [0.15, 0.2) is 0 Å². The molecule has 19 heavy (non-hydrogen) atoms. The van der Waals surface area contributed by atoms with Crippen molar-refractivity contribution in [3.05, 3.63) is 71.1 Å². The zero-order valence-electron chi connectivity index (χ0n) is 10.8. The van der Waals surface area contributed by atoms with Gasteiger partial charge in [-0.2, -0.15) is 0 Å². The van der Waals surface area contributed by atoms with Gasteiger partial charge in [0, 0.05) is 10.6 Å². The van der Waals surface area contributed by atoms with Gasteiger partial charge in [-0.3, -0.25) is 0 Å². The van der Waals surface area contributed by atoms with Crippen molar-refractivity contribution in [3.8, 4) is 0 Å². The first kappa shape index (κ1) is 12.4. The number of aliphatic hydroxyl groups excluding tert-OH is 1. The summed E-state index contributed by atoms with van der Waals surface area (Å²) < 4.78 is 1.19. The molecule has 1 aromatic heterocycles. The van der Waals surface area contributed by atoms with Crippen LogP contribution in [-0.2, 0) is 0 Å². The van der Waals surface area contributed by atoms with Crippen molar-refractivity contribution in [1.29, 1.82) is 0 Å². The van der Waals surface area contributed by atoms with Crippen molar-refractivity contribution in [2.75, 3.05) is 0 Å². The van der Waals surface area contributed by atoms with Crippen LogP contribution in [0.2, 0.25) is 0 Å². The highest BCUT2D eigenvalue weighted by Crippen LogP contribution is 2.36. The van der Waals surface area contributed by atoms with Crippen LogP contribution in [0.15, 0.2) is 60.0 Å². The summed E-state index contributed by atoms with van der Waals surface area (Å²) >= 11 is 1.69. The fraction of sp³-hybridized carbons (Fsp3) is 0.176. The van der Waals surface area contributed by atoms with Crippen molar-refractivity contribution in [3.63, 3.8) is 0 Å². The van der Waals surface area contributed by atoms with Crippen LogP contribution >= 0.6 is 11.3 Å². The maximum Gasteiger partial charge on any atom is 0.0869 e. The van der Waals surface area contributed by atoms with Gasteiger partial charge in [-0.15, -0.1) is 11.3 Å². The Morgan fingerprint density at radius 1 is 0.947 bits per heavy atom. The monoisotopic (exact) mass is 268 g/mol. The van der Waals surface area contributed by atoms with Crippen LogP contribution in [0.3, 0.4) is 0 Å². The van der Waals surface area contributed by atoms with Gasteiger partial charge in [0.1, 0.15) is 0 Å². The van der Waals surface area contributed by atoms with Crippen molar-refractivity contribution < 1.29 is 5.11 Å². The molecule has 1 nitrogen and oxygen atoms in total. The molecule has 1 heterocycles. The number of thiophene rings is 1. The maximum atomic E-state index is 10.7. The molecule has 3 rings (SSSR count). The summed E-state index contributed by atoms with van der Waals surface area (Å²) in [6.07, 6.45) is -0.468. The fourth-order valence-electron chi connectivity index (χ4n) is 2.46. The largest absolute Gasteiger partial charge is 0.388 e. The Balaban J connectivity index is 2.00. The number of fused-ring (bicyclic) bond motifs is 1. The first-order valence-electron chi connectivity index (χ1n) is 6.46. The van der Waals surface area contributed by atoms with E-state index in [1.807, 2.05) is 30.3 Å². The molecule has 0 saturated carbocycles. The quantitative estimate of drug-likeness (QED) is 0.727. The third-order valence-electron chi connectivity index (χ3n) is 3.63. The molecule has 2 aromatic carbocycles. The van der Waals surface area contributed by atoms with Gasteiger partial charge in [0.05, 0.1) is 6.10 Å². The van der Waals surface area contributed by atoms with Crippen LogP contribution < -0.4 is 0 Å². The smallest absolute Gasteiger partial charge is 0.0869 e. The van der Waals surface area contributed by atoms with Crippen LogP contribution in [0.5, 0.6) is 0 Å². The van der Waals surface area contributed by atoms with Gasteiger partial charge >= 0.3 is 0 Å². The maximum absolute atomic E-state index is 10.7. The van der Waals surface area contributed by atoms with Crippen LogP contribution in [0, 0.1) is 0 Å². The summed E-state index contributed by atoms with van der Waals surface area (Å²) in [5.74, 6) is 0.0916. The van der Waals surface area contributed by atoms with E-state index in [1.54, 1.807) is 11.3 Å². The third-order valence-corrected chi connectivity index (χ3v) is 4.61. The first-order valence-corrected chi connectivity index (χ1v) is 7.34. The molecule has 2 heteroatoms. The van der Waals surface area contributed by atoms with Crippen LogP contribution in [0.1, 0.15) is 30.1 Å². The average molecular weight is 268 g/mol. The predicted octanol–water partition coefficient (Wildman–Crippen LogP) is 4.74. The lowest BCUT2D eigenvalue weighted by Gasteiger charge is -2.20. The molecule has 0 spiro atoms. The molecule has 0 aliphatic rings. The molecule has 0 aliphatic heterocycles. The van der Waals surface area contributed by atoms with Crippen LogP contribution in [0.4, 0.5) is 0 Å². The van der Waals surface area contributed by atoms with Crippen molar-refractivity contribution >= 4 is 21.4 Å². The van der Waals surface area contributed by atoms with E-state index in [2.05, 4.69) is 36.6 Å². The molecule has 0 aliphatic carbocycles. The van der Waals surface area contributed by atoms with Gasteiger partial charge < -0.3 is 5.11 Å². The van der Waals surface area contributed by atoms with E-state index in [0.717, 1.165) is 5.56 Å². The van der Waals surface area contributed by atoms with Crippen molar-refractivity contribution in [1.82, 2.24) is 0 Å². The summed E-state index contributed by atoms with van der Waals surface area (Å²) in [6.45, 7) is 2.08. The molecule has 1 N–H and O–H groups in total. The van der Waals surface area contributed by atoms with E-state index in [0.29, 0.717) is 0 Å². The molecule has 0 saturated heterocycles. The molecular weight excluding hydrogens is 252 g/mol. The van der Waals surface area contributed by atoms with Crippen LogP contribution in [0.25, 0.3) is 10.1 Å². The van der Waals surface area contributed by atoms with Gasteiger partial charge in [-0.25, -0.2) is 0 Å². The summed E-state index contributed by atoms with van der Waals surface area (Å²) in [6, 6.07) is 18.4. The second-order valence-corrected chi connectivity index (χ2v) is 5.75. The Kier molecular flexibility index (Phi) is 3.36. The molecule has 0 amide bonds. The van der Waals surface area contributed by atoms with Crippen LogP contribution in [-0.4, -0.2) is 5.11 Å². The molecule has 2 atom stereocenters.